The number of hydrogen-bond donors (Lipinski definition) is 0. The van der Waals surface area contributed by atoms with Crippen molar-refractivity contribution < 1.29 is 4.73 Å². The molecule has 2 aromatic heterocycles. The van der Waals surface area contributed by atoms with Crippen molar-refractivity contribution in [2.24, 2.45) is 5.92 Å². The molecule has 1 aliphatic rings. The van der Waals surface area contributed by atoms with E-state index in [-0.39, 0.29) is 5.92 Å². The molecule has 0 N–H and O–H groups in total. The normalized spacial score (nSPS) is 19.6. The number of pyridine rings is 1. The van der Waals surface area contributed by atoms with E-state index >= 15 is 0 Å². The summed E-state index contributed by atoms with van der Waals surface area (Å²) in [6.45, 7) is 1.65. The lowest BCUT2D eigenvalue weighted by molar-refractivity contribution is -0.604. The second-order valence-electron chi connectivity index (χ2n) is 4.59. The van der Waals surface area contributed by atoms with Crippen LogP contribution >= 0.6 is 27.3 Å². The zero-order chi connectivity index (χ0) is 13.4. The number of rotatable bonds is 1. The van der Waals surface area contributed by atoms with Gasteiger partial charge < -0.3 is 10.1 Å². The molecule has 0 amide bonds. The monoisotopic (exact) mass is 338 g/mol. The molecule has 19 heavy (non-hydrogen) atoms. The van der Waals surface area contributed by atoms with Crippen molar-refractivity contribution >= 4 is 42.6 Å². The Bertz CT molecular complexity index is 666. The minimum atomic E-state index is 0.0775. The van der Waals surface area contributed by atoms with E-state index in [1.807, 2.05) is 0 Å². The van der Waals surface area contributed by atoms with Gasteiger partial charge in [-0.05, 0) is 28.8 Å². The molecule has 0 aliphatic carbocycles. The zero-order valence-electron chi connectivity index (χ0n) is 10.0. The fourth-order valence-corrected chi connectivity index (χ4v) is 3.97. The SMILES string of the molecule is N#C[C@@H]1CCCN(c2nc3c(Br)c[n+]([O-])cc3s2)C1. The number of halogens is 1. The molecule has 2 aromatic rings. The van der Waals surface area contributed by atoms with E-state index in [1.54, 1.807) is 0 Å². The Morgan fingerprint density at radius 3 is 3.21 bits per heavy atom. The van der Waals surface area contributed by atoms with Gasteiger partial charge in [0.05, 0.1) is 12.0 Å². The molecule has 0 spiro atoms. The largest absolute Gasteiger partial charge is 0.619 e. The Kier molecular flexibility index (Phi) is 3.29. The second-order valence-corrected chi connectivity index (χ2v) is 6.45. The van der Waals surface area contributed by atoms with Gasteiger partial charge in [-0.15, -0.1) is 0 Å². The smallest absolute Gasteiger partial charge is 0.200 e. The van der Waals surface area contributed by atoms with Crippen LogP contribution in [0.3, 0.4) is 0 Å². The molecule has 98 valence electrons. The van der Waals surface area contributed by atoms with Crippen LogP contribution in [0.25, 0.3) is 10.2 Å². The Morgan fingerprint density at radius 2 is 2.42 bits per heavy atom. The fourth-order valence-electron chi connectivity index (χ4n) is 2.30. The average molecular weight is 339 g/mol. The van der Waals surface area contributed by atoms with Crippen LogP contribution in [0, 0.1) is 22.5 Å². The fraction of sp³-hybridized carbons (Fsp3) is 0.417. The van der Waals surface area contributed by atoms with Gasteiger partial charge in [-0.2, -0.15) is 9.99 Å². The standard InChI is InChI=1S/C12H11BrN4OS/c13-9-6-17(18)7-10-11(9)15-12(19-10)16-3-1-2-8(4-14)5-16/h6-8H,1-3,5H2/t8-/m0/s1. The molecule has 0 bridgehead atoms. The first-order valence-corrected chi connectivity index (χ1v) is 7.62. The van der Waals surface area contributed by atoms with Crippen molar-refractivity contribution in [3.05, 3.63) is 22.1 Å². The van der Waals surface area contributed by atoms with E-state index in [2.05, 4.69) is 31.9 Å². The van der Waals surface area contributed by atoms with Gasteiger partial charge in [0.1, 0.15) is 14.7 Å². The predicted molar refractivity (Wildman–Crippen MR) is 76.8 cm³/mol. The molecule has 1 fully saturated rings. The Balaban J connectivity index is 1.97. The molecular weight excluding hydrogens is 328 g/mol. The van der Waals surface area contributed by atoms with Crippen LogP contribution in [0.1, 0.15) is 12.8 Å². The maximum absolute atomic E-state index is 11.4. The maximum Gasteiger partial charge on any atom is 0.200 e. The lowest BCUT2D eigenvalue weighted by Crippen LogP contribution is -2.34. The molecule has 5 nitrogen and oxygen atoms in total. The molecule has 0 saturated carbocycles. The van der Waals surface area contributed by atoms with Gasteiger partial charge in [-0.25, -0.2) is 4.98 Å². The summed E-state index contributed by atoms with van der Waals surface area (Å²) in [5, 5.41) is 21.3. The number of aromatic nitrogens is 2. The number of fused-ring (bicyclic) bond motifs is 1. The molecule has 1 saturated heterocycles. The van der Waals surface area contributed by atoms with Gasteiger partial charge in [0.2, 0.25) is 0 Å². The van der Waals surface area contributed by atoms with Crippen LogP contribution in [0.5, 0.6) is 0 Å². The minimum Gasteiger partial charge on any atom is -0.619 e. The molecule has 0 radical (unpaired) electrons. The summed E-state index contributed by atoms with van der Waals surface area (Å²) in [5.41, 5.74) is 0.811. The van der Waals surface area contributed by atoms with E-state index in [0.717, 1.165) is 46.0 Å². The van der Waals surface area contributed by atoms with E-state index in [9.17, 15) is 5.21 Å². The van der Waals surface area contributed by atoms with Crippen LogP contribution in [-0.4, -0.2) is 18.1 Å². The van der Waals surface area contributed by atoms with E-state index in [0.29, 0.717) is 4.47 Å². The number of hydrogen-bond acceptors (Lipinski definition) is 5. The zero-order valence-corrected chi connectivity index (χ0v) is 12.4. The van der Waals surface area contributed by atoms with E-state index < -0.39 is 0 Å². The van der Waals surface area contributed by atoms with Crippen molar-refractivity contribution in [3.63, 3.8) is 0 Å². The summed E-state index contributed by atoms with van der Waals surface area (Å²) in [4.78, 5) is 6.72. The van der Waals surface area contributed by atoms with Crippen molar-refractivity contribution in [1.29, 1.82) is 5.26 Å². The molecule has 0 unspecified atom stereocenters. The highest BCUT2D eigenvalue weighted by Crippen LogP contribution is 2.33. The van der Waals surface area contributed by atoms with Gasteiger partial charge in [0.15, 0.2) is 17.5 Å². The third kappa shape index (κ3) is 2.38. The molecule has 3 heterocycles. The van der Waals surface area contributed by atoms with Gasteiger partial charge in [0, 0.05) is 13.1 Å². The average Bonchev–Trinajstić information content (AvgIpc) is 2.83. The number of anilines is 1. The van der Waals surface area contributed by atoms with E-state index in [1.165, 1.54) is 23.7 Å². The van der Waals surface area contributed by atoms with Gasteiger partial charge >= 0.3 is 0 Å². The van der Waals surface area contributed by atoms with Crippen LogP contribution < -0.4 is 9.63 Å². The quantitative estimate of drug-likeness (QED) is 0.591. The van der Waals surface area contributed by atoms with Crippen LogP contribution in [0.4, 0.5) is 5.13 Å². The Labute approximate surface area is 122 Å². The second kappa shape index (κ2) is 4.94. The predicted octanol–water partition coefficient (Wildman–Crippen LogP) is 2.43. The minimum absolute atomic E-state index is 0.0775. The van der Waals surface area contributed by atoms with Crippen molar-refractivity contribution in [1.82, 2.24) is 4.98 Å². The summed E-state index contributed by atoms with van der Waals surface area (Å²) >= 11 is 4.86. The molecular formula is C12H11BrN4OS. The summed E-state index contributed by atoms with van der Waals surface area (Å²) in [6.07, 6.45) is 4.96. The lowest BCUT2D eigenvalue weighted by atomic mass is 10.0. The van der Waals surface area contributed by atoms with Crippen molar-refractivity contribution in [3.8, 4) is 6.07 Å². The Morgan fingerprint density at radius 1 is 1.58 bits per heavy atom. The van der Waals surface area contributed by atoms with E-state index in [4.69, 9.17) is 5.26 Å². The topological polar surface area (TPSA) is 66.9 Å². The lowest BCUT2D eigenvalue weighted by Gasteiger charge is -2.28. The molecule has 1 aliphatic heterocycles. The Hall–Kier alpha value is -1.39. The highest BCUT2D eigenvalue weighted by atomic mass is 79.9. The van der Waals surface area contributed by atoms with Crippen LogP contribution in [0.2, 0.25) is 0 Å². The highest BCUT2D eigenvalue weighted by Gasteiger charge is 2.23. The van der Waals surface area contributed by atoms with Gasteiger partial charge in [-0.3, -0.25) is 0 Å². The van der Waals surface area contributed by atoms with Crippen LogP contribution in [-0.2, 0) is 0 Å². The highest BCUT2D eigenvalue weighted by molar-refractivity contribution is 9.10. The molecule has 1 atom stereocenters. The number of thiazole rings is 1. The molecule has 7 heteroatoms. The number of nitrogens with zero attached hydrogens (tertiary/aromatic N) is 4. The van der Waals surface area contributed by atoms with Gasteiger partial charge in [0.25, 0.3) is 0 Å². The third-order valence-electron chi connectivity index (χ3n) is 3.23. The maximum atomic E-state index is 11.4. The number of piperidine rings is 1. The van der Waals surface area contributed by atoms with Crippen molar-refractivity contribution in [2.75, 3.05) is 18.0 Å². The molecule has 3 rings (SSSR count). The third-order valence-corrected chi connectivity index (χ3v) is 4.86. The summed E-state index contributed by atoms with van der Waals surface area (Å²) in [7, 11) is 0. The first-order chi connectivity index (χ1) is 9.17. The van der Waals surface area contributed by atoms with Crippen molar-refractivity contribution in [2.45, 2.75) is 12.8 Å². The number of nitriles is 1. The van der Waals surface area contributed by atoms with Gasteiger partial charge in [-0.1, -0.05) is 11.3 Å². The summed E-state index contributed by atoms with van der Waals surface area (Å²) in [6, 6.07) is 2.33. The summed E-state index contributed by atoms with van der Waals surface area (Å²) in [5.74, 6) is 0.0775. The van der Waals surface area contributed by atoms with Crippen LogP contribution in [0.15, 0.2) is 16.9 Å². The summed E-state index contributed by atoms with van der Waals surface area (Å²) < 4.78 is 2.35. The first-order valence-electron chi connectivity index (χ1n) is 6.01. The first kappa shape index (κ1) is 12.6. The molecule has 0 aromatic carbocycles.